The van der Waals surface area contributed by atoms with E-state index in [4.69, 9.17) is 9.47 Å². The minimum absolute atomic E-state index is 0.243. The third-order valence-corrected chi connectivity index (χ3v) is 5.25. The van der Waals surface area contributed by atoms with Gasteiger partial charge in [0, 0.05) is 37.7 Å². The fourth-order valence-corrected chi connectivity index (χ4v) is 3.79. The van der Waals surface area contributed by atoms with E-state index in [0.717, 1.165) is 45.4 Å². The highest BCUT2D eigenvalue weighted by molar-refractivity contribution is 5.04. The summed E-state index contributed by atoms with van der Waals surface area (Å²) in [4.78, 5) is 6.82. The van der Waals surface area contributed by atoms with Crippen molar-refractivity contribution in [3.63, 3.8) is 0 Å². The van der Waals surface area contributed by atoms with Gasteiger partial charge in [0.15, 0.2) is 5.79 Å². The maximum atomic E-state index is 5.82. The van der Waals surface area contributed by atoms with Crippen LogP contribution in [0.25, 0.3) is 0 Å². The van der Waals surface area contributed by atoms with Crippen molar-refractivity contribution in [1.29, 1.82) is 0 Å². The molecule has 1 saturated heterocycles. The fourth-order valence-electron chi connectivity index (χ4n) is 3.79. The van der Waals surface area contributed by atoms with Crippen molar-refractivity contribution in [3.05, 3.63) is 18.2 Å². The monoisotopic (exact) mass is 291 g/mol. The molecule has 5 heteroatoms. The average molecular weight is 291 g/mol. The number of ether oxygens (including phenoxy) is 2. The highest BCUT2D eigenvalue weighted by Crippen LogP contribution is 2.38. The molecule has 0 radical (unpaired) electrons. The second-order valence-electron chi connectivity index (χ2n) is 6.78. The molecule has 1 aromatic rings. The Balaban J connectivity index is 1.35. The van der Waals surface area contributed by atoms with Crippen LogP contribution in [0.15, 0.2) is 12.5 Å². The molecule has 0 amide bonds. The number of aromatic nitrogens is 2. The van der Waals surface area contributed by atoms with Crippen LogP contribution >= 0.6 is 0 Å². The average Bonchev–Trinajstić information content (AvgIpc) is 3.08. The smallest absolute Gasteiger partial charge is 0.168 e. The van der Waals surface area contributed by atoms with Gasteiger partial charge in [-0.25, -0.2) is 4.98 Å². The second kappa shape index (κ2) is 5.38. The summed E-state index contributed by atoms with van der Waals surface area (Å²) in [5.41, 5.74) is 1.36. The van der Waals surface area contributed by atoms with Gasteiger partial charge in [-0.3, -0.25) is 4.90 Å². The lowest BCUT2D eigenvalue weighted by molar-refractivity contribution is -0.183. The Hall–Kier alpha value is -0.910. The first-order valence-corrected chi connectivity index (χ1v) is 8.25. The minimum Gasteiger partial charge on any atom is -0.348 e. The minimum atomic E-state index is -0.243. The summed E-state index contributed by atoms with van der Waals surface area (Å²) in [7, 11) is 2.24. The SMILES string of the molecule is CN(Cc1cncn1C1CC1)C1CCC2(CC1)OCCO2. The lowest BCUT2D eigenvalue weighted by Gasteiger charge is -2.39. The predicted octanol–water partition coefficient (Wildman–Crippen LogP) is 2.34. The van der Waals surface area contributed by atoms with E-state index in [-0.39, 0.29) is 5.79 Å². The third kappa shape index (κ3) is 2.74. The first-order chi connectivity index (χ1) is 10.3. The van der Waals surface area contributed by atoms with E-state index in [1.807, 2.05) is 12.5 Å². The number of rotatable bonds is 4. The predicted molar refractivity (Wildman–Crippen MR) is 78.9 cm³/mol. The van der Waals surface area contributed by atoms with E-state index in [0.29, 0.717) is 12.1 Å². The van der Waals surface area contributed by atoms with Crippen LogP contribution in [0.5, 0.6) is 0 Å². The number of nitrogens with zero attached hydrogens (tertiary/aromatic N) is 3. The summed E-state index contributed by atoms with van der Waals surface area (Å²) in [6.45, 7) is 2.53. The number of hydrogen-bond acceptors (Lipinski definition) is 4. The lowest BCUT2D eigenvalue weighted by Crippen LogP contribution is -2.42. The zero-order valence-electron chi connectivity index (χ0n) is 12.8. The van der Waals surface area contributed by atoms with Gasteiger partial charge in [0.05, 0.1) is 25.2 Å². The van der Waals surface area contributed by atoms with Crippen LogP contribution in [-0.4, -0.2) is 46.5 Å². The van der Waals surface area contributed by atoms with Crippen molar-refractivity contribution in [2.45, 2.75) is 62.9 Å². The summed E-state index contributed by atoms with van der Waals surface area (Å²) in [6, 6.07) is 1.34. The van der Waals surface area contributed by atoms with Crippen molar-refractivity contribution < 1.29 is 9.47 Å². The molecular weight excluding hydrogens is 266 g/mol. The summed E-state index contributed by atoms with van der Waals surface area (Å²) in [5, 5.41) is 0. The van der Waals surface area contributed by atoms with E-state index in [1.54, 1.807) is 0 Å². The molecule has 2 saturated carbocycles. The standard InChI is InChI=1S/C16H25N3O2/c1-18(11-15-10-17-12-19(15)14-2-3-14)13-4-6-16(7-5-13)20-8-9-21-16/h10,12-14H,2-9,11H2,1H3. The zero-order valence-corrected chi connectivity index (χ0v) is 12.8. The highest BCUT2D eigenvalue weighted by Gasteiger charge is 2.41. The van der Waals surface area contributed by atoms with Gasteiger partial charge in [0.2, 0.25) is 0 Å². The Bertz CT molecular complexity index is 481. The van der Waals surface area contributed by atoms with Gasteiger partial charge < -0.3 is 14.0 Å². The van der Waals surface area contributed by atoms with Crippen molar-refractivity contribution in [3.8, 4) is 0 Å². The maximum absolute atomic E-state index is 5.82. The molecule has 116 valence electrons. The third-order valence-electron chi connectivity index (χ3n) is 5.25. The first kappa shape index (κ1) is 13.7. The Morgan fingerprint density at radius 3 is 2.62 bits per heavy atom. The Morgan fingerprint density at radius 1 is 1.24 bits per heavy atom. The van der Waals surface area contributed by atoms with Gasteiger partial charge in [-0.15, -0.1) is 0 Å². The van der Waals surface area contributed by atoms with Crippen molar-refractivity contribution in [2.75, 3.05) is 20.3 Å². The summed E-state index contributed by atoms with van der Waals surface area (Å²) < 4.78 is 14.0. The molecule has 0 N–H and O–H groups in total. The Kier molecular flexibility index (Phi) is 3.52. The van der Waals surface area contributed by atoms with E-state index in [9.17, 15) is 0 Å². The molecule has 3 aliphatic rings. The van der Waals surface area contributed by atoms with Gasteiger partial charge in [-0.1, -0.05) is 0 Å². The molecule has 0 unspecified atom stereocenters. The van der Waals surface area contributed by atoms with Gasteiger partial charge in [-0.05, 0) is 32.7 Å². The highest BCUT2D eigenvalue weighted by atomic mass is 16.7. The molecular formula is C16H25N3O2. The van der Waals surface area contributed by atoms with Crippen molar-refractivity contribution in [2.24, 2.45) is 0 Å². The molecule has 2 aliphatic carbocycles. The van der Waals surface area contributed by atoms with Crippen LogP contribution < -0.4 is 0 Å². The van der Waals surface area contributed by atoms with Crippen LogP contribution in [0.4, 0.5) is 0 Å². The Labute approximate surface area is 126 Å². The number of hydrogen-bond donors (Lipinski definition) is 0. The molecule has 21 heavy (non-hydrogen) atoms. The summed E-state index contributed by atoms with van der Waals surface area (Å²) >= 11 is 0. The van der Waals surface area contributed by atoms with Crippen molar-refractivity contribution in [1.82, 2.24) is 14.5 Å². The van der Waals surface area contributed by atoms with E-state index >= 15 is 0 Å². The van der Waals surface area contributed by atoms with Gasteiger partial charge in [0.1, 0.15) is 0 Å². The molecule has 3 fully saturated rings. The lowest BCUT2D eigenvalue weighted by atomic mass is 9.89. The molecule has 0 bridgehead atoms. The maximum Gasteiger partial charge on any atom is 0.168 e. The van der Waals surface area contributed by atoms with Gasteiger partial charge in [0.25, 0.3) is 0 Å². The fraction of sp³-hybridized carbons (Fsp3) is 0.812. The quantitative estimate of drug-likeness (QED) is 0.853. The first-order valence-electron chi connectivity index (χ1n) is 8.25. The topological polar surface area (TPSA) is 39.5 Å². The molecule has 5 nitrogen and oxygen atoms in total. The van der Waals surface area contributed by atoms with Crippen molar-refractivity contribution >= 4 is 0 Å². The van der Waals surface area contributed by atoms with E-state index < -0.39 is 0 Å². The summed E-state index contributed by atoms with van der Waals surface area (Å²) in [5.74, 6) is -0.243. The second-order valence-corrected chi connectivity index (χ2v) is 6.78. The molecule has 1 spiro atoms. The molecule has 0 aromatic carbocycles. The van der Waals surface area contributed by atoms with Gasteiger partial charge in [-0.2, -0.15) is 0 Å². The van der Waals surface area contributed by atoms with Crippen LogP contribution in [0.2, 0.25) is 0 Å². The van der Waals surface area contributed by atoms with E-state index in [2.05, 4.69) is 21.5 Å². The van der Waals surface area contributed by atoms with E-state index in [1.165, 1.54) is 18.5 Å². The molecule has 1 aromatic heterocycles. The van der Waals surface area contributed by atoms with Gasteiger partial charge >= 0.3 is 0 Å². The molecule has 1 aliphatic heterocycles. The van der Waals surface area contributed by atoms with Crippen LogP contribution in [0, 0.1) is 0 Å². The Morgan fingerprint density at radius 2 is 1.95 bits per heavy atom. The van der Waals surface area contributed by atoms with Crippen LogP contribution in [0.1, 0.15) is 50.3 Å². The zero-order chi connectivity index (χ0) is 14.3. The van der Waals surface area contributed by atoms with Crippen LogP contribution in [0.3, 0.4) is 0 Å². The molecule has 2 heterocycles. The molecule has 0 atom stereocenters. The normalized spacial score (nSPS) is 26.0. The number of imidazole rings is 1. The van der Waals surface area contributed by atoms with Crippen LogP contribution in [-0.2, 0) is 16.0 Å². The largest absolute Gasteiger partial charge is 0.348 e. The summed E-state index contributed by atoms with van der Waals surface area (Å²) in [6.07, 6.45) is 11.0. The molecule has 4 rings (SSSR count).